The molecule has 3 rings (SSSR count). The van der Waals surface area contributed by atoms with Crippen molar-refractivity contribution in [3.63, 3.8) is 0 Å². The number of aromatic hydroxyl groups is 1. The number of hydrogen-bond donors (Lipinski definition) is 2. The summed E-state index contributed by atoms with van der Waals surface area (Å²) < 4.78 is 10.6. The molecule has 22 heavy (non-hydrogen) atoms. The van der Waals surface area contributed by atoms with Crippen LogP contribution in [0.4, 0.5) is 5.69 Å². The molecule has 1 heterocycles. The van der Waals surface area contributed by atoms with Gasteiger partial charge in [-0.25, -0.2) is 0 Å². The van der Waals surface area contributed by atoms with Crippen LogP contribution in [0.5, 0.6) is 17.2 Å². The summed E-state index contributed by atoms with van der Waals surface area (Å²) in [6.07, 6.45) is 0. The standard InChI is InChI=1S/C16H16N2O3S/c1-18(12-3-5-13(19)6-4-12)16(22)17-9-11-2-7-14-15(8-11)21-10-20-14/h2-8,19H,9-10H2,1H3,(H,17,22). The highest BCUT2D eigenvalue weighted by Gasteiger charge is 2.13. The number of nitrogens with zero attached hydrogens (tertiary/aromatic N) is 1. The molecule has 0 saturated heterocycles. The minimum atomic E-state index is 0.233. The third-order valence-corrected chi connectivity index (χ3v) is 3.84. The maximum absolute atomic E-state index is 9.32. The predicted molar refractivity (Wildman–Crippen MR) is 88.5 cm³/mol. The van der Waals surface area contributed by atoms with Crippen LogP contribution in [-0.4, -0.2) is 24.1 Å². The van der Waals surface area contributed by atoms with Gasteiger partial charge < -0.3 is 24.8 Å². The van der Waals surface area contributed by atoms with Crippen LogP contribution < -0.4 is 19.7 Å². The SMILES string of the molecule is CN(C(=S)NCc1ccc2c(c1)OCO2)c1ccc(O)cc1. The van der Waals surface area contributed by atoms with Crippen molar-refractivity contribution in [1.82, 2.24) is 5.32 Å². The van der Waals surface area contributed by atoms with Gasteiger partial charge in [0.15, 0.2) is 16.6 Å². The second kappa shape index (κ2) is 6.11. The molecular formula is C16H16N2O3S. The minimum Gasteiger partial charge on any atom is -0.508 e. The Balaban J connectivity index is 1.61. The van der Waals surface area contributed by atoms with Crippen LogP contribution in [0.3, 0.4) is 0 Å². The van der Waals surface area contributed by atoms with E-state index in [4.69, 9.17) is 21.7 Å². The Morgan fingerprint density at radius 2 is 1.91 bits per heavy atom. The van der Waals surface area contributed by atoms with Crippen LogP contribution in [0, 0.1) is 0 Å². The Bertz CT molecular complexity index is 688. The van der Waals surface area contributed by atoms with Crippen molar-refractivity contribution < 1.29 is 14.6 Å². The maximum Gasteiger partial charge on any atom is 0.231 e. The maximum atomic E-state index is 9.32. The van der Waals surface area contributed by atoms with Gasteiger partial charge in [0.05, 0.1) is 0 Å². The molecule has 2 aromatic rings. The van der Waals surface area contributed by atoms with Gasteiger partial charge in [-0.3, -0.25) is 0 Å². The van der Waals surface area contributed by atoms with Gasteiger partial charge in [0.2, 0.25) is 6.79 Å². The van der Waals surface area contributed by atoms with Gasteiger partial charge in [-0.2, -0.15) is 0 Å². The molecule has 1 aliphatic heterocycles. The lowest BCUT2D eigenvalue weighted by molar-refractivity contribution is 0.174. The first kappa shape index (κ1) is 14.5. The van der Waals surface area contributed by atoms with E-state index in [1.807, 2.05) is 42.3 Å². The zero-order valence-electron chi connectivity index (χ0n) is 12.1. The first-order valence-corrected chi connectivity index (χ1v) is 7.23. The largest absolute Gasteiger partial charge is 0.508 e. The van der Waals surface area contributed by atoms with Gasteiger partial charge in [0.25, 0.3) is 0 Å². The number of phenols is 1. The summed E-state index contributed by atoms with van der Waals surface area (Å²) in [4.78, 5) is 1.85. The number of nitrogens with one attached hydrogen (secondary N) is 1. The highest BCUT2D eigenvalue weighted by molar-refractivity contribution is 7.80. The summed E-state index contributed by atoms with van der Waals surface area (Å²) in [6.45, 7) is 0.867. The van der Waals surface area contributed by atoms with E-state index < -0.39 is 0 Å². The third-order valence-electron chi connectivity index (χ3n) is 3.42. The number of hydrogen-bond acceptors (Lipinski definition) is 4. The van der Waals surface area contributed by atoms with E-state index in [0.29, 0.717) is 11.7 Å². The molecule has 2 N–H and O–H groups in total. The van der Waals surface area contributed by atoms with Gasteiger partial charge in [0, 0.05) is 19.3 Å². The Morgan fingerprint density at radius 3 is 2.68 bits per heavy atom. The molecule has 0 amide bonds. The molecule has 0 unspecified atom stereocenters. The summed E-state index contributed by atoms with van der Waals surface area (Å²) in [6, 6.07) is 12.7. The second-order valence-electron chi connectivity index (χ2n) is 4.92. The lowest BCUT2D eigenvalue weighted by Gasteiger charge is -2.21. The van der Waals surface area contributed by atoms with E-state index in [1.54, 1.807) is 12.1 Å². The minimum absolute atomic E-state index is 0.233. The van der Waals surface area contributed by atoms with Crippen molar-refractivity contribution in [1.29, 1.82) is 0 Å². The van der Waals surface area contributed by atoms with Crippen molar-refractivity contribution in [2.45, 2.75) is 6.54 Å². The van der Waals surface area contributed by atoms with Crippen LogP contribution in [0.2, 0.25) is 0 Å². The summed E-state index contributed by atoms with van der Waals surface area (Å²) >= 11 is 5.39. The Hall–Kier alpha value is -2.47. The number of benzene rings is 2. The van der Waals surface area contributed by atoms with E-state index >= 15 is 0 Å². The highest BCUT2D eigenvalue weighted by atomic mass is 32.1. The number of thiocarbonyl (C=S) groups is 1. The summed E-state index contributed by atoms with van der Waals surface area (Å²) in [5.74, 6) is 1.76. The van der Waals surface area contributed by atoms with Gasteiger partial charge in [-0.15, -0.1) is 0 Å². The average Bonchev–Trinajstić information content (AvgIpc) is 3.00. The number of fused-ring (bicyclic) bond motifs is 1. The third kappa shape index (κ3) is 3.07. The zero-order valence-corrected chi connectivity index (χ0v) is 12.9. The molecule has 114 valence electrons. The monoisotopic (exact) mass is 316 g/mol. The van der Waals surface area contributed by atoms with Crippen LogP contribution in [0.25, 0.3) is 0 Å². The van der Waals surface area contributed by atoms with E-state index in [-0.39, 0.29) is 12.5 Å². The summed E-state index contributed by atoms with van der Waals surface area (Å²) in [5.41, 5.74) is 1.96. The number of phenolic OH excluding ortho intramolecular Hbond substituents is 1. The molecule has 0 radical (unpaired) electrons. The number of rotatable bonds is 3. The van der Waals surface area contributed by atoms with E-state index in [2.05, 4.69) is 5.32 Å². The molecule has 0 atom stereocenters. The molecule has 2 aromatic carbocycles. The fourth-order valence-corrected chi connectivity index (χ4v) is 2.32. The zero-order chi connectivity index (χ0) is 15.5. The van der Waals surface area contributed by atoms with Gasteiger partial charge in [-0.1, -0.05) is 6.07 Å². The molecule has 0 bridgehead atoms. The highest BCUT2D eigenvalue weighted by Crippen LogP contribution is 2.32. The fraction of sp³-hybridized carbons (Fsp3) is 0.188. The van der Waals surface area contributed by atoms with Crippen LogP contribution in [-0.2, 0) is 6.54 Å². The van der Waals surface area contributed by atoms with Gasteiger partial charge in [0.1, 0.15) is 5.75 Å². The molecule has 0 spiro atoms. The topological polar surface area (TPSA) is 54.0 Å². The van der Waals surface area contributed by atoms with Crippen LogP contribution >= 0.6 is 12.2 Å². The Labute approximate surface area is 134 Å². The average molecular weight is 316 g/mol. The molecule has 5 nitrogen and oxygen atoms in total. The van der Waals surface area contributed by atoms with Crippen LogP contribution in [0.1, 0.15) is 5.56 Å². The van der Waals surface area contributed by atoms with Gasteiger partial charge >= 0.3 is 0 Å². The summed E-state index contributed by atoms with van der Waals surface area (Å²) in [7, 11) is 1.88. The normalized spacial score (nSPS) is 12.0. The molecular weight excluding hydrogens is 300 g/mol. The van der Waals surface area contributed by atoms with Gasteiger partial charge in [-0.05, 0) is 54.2 Å². The Kier molecular flexibility index (Phi) is 4.02. The van der Waals surface area contributed by atoms with E-state index in [0.717, 1.165) is 22.7 Å². The quantitative estimate of drug-likeness (QED) is 0.849. The predicted octanol–water partition coefficient (Wildman–Crippen LogP) is 2.63. The first-order chi connectivity index (χ1) is 10.6. The van der Waals surface area contributed by atoms with E-state index in [9.17, 15) is 5.11 Å². The molecule has 0 aromatic heterocycles. The molecule has 0 fully saturated rings. The molecule has 0 aliphatic carbocycles. The fourth-order valence-electron chi connectivity index (χ4n) is 2.14. The van der Waals surface area contributed by atoms with Crippen molar-refractivity contribution in [2.24, 2.45) is 0 Å². The van der Waals surface area contributed by atoms with Crippen molar-refractivity contribution in [3.05, 3.63) is 48.0 Å². The molecule has 1 aliphatic rings. The number of ether oxygens (including phenoxy) is 2. The molecule has 6 heteroatoms. The number of anilines is 1. The second-order valence-corrected chi connectivity index (χ2v) is 5.31. The Morgan fingerprint density at radius 1 is 1.18 bits per heavy atom. The van der Waals surface area contributed by atoms with Crippen molar-refractivity contribution in [3.8, 4) is 17.2 Å². The van der Waals surface area contributed by atoms with E-state index in [1.165, 1.54) is 0 Å². The van der Waals surface area contributed by atoms with Crippen LogP contribution in [0.15, 0.2) is 42.5 Å². The lowest BCUT2D eigenvalue weighted by Crippen LogP contribution is -2.36. The first-order valence-electron chi connectivity index (χ1n) is 6.82. The smallest absolute Gasteiger partial charge is 0.231 e. The molecule has 0 saturated carbocycles. The lowest BCUT2D eigenvalue weighted by atomic mass is 10.2. The summed E-state index contributed by atoms with van der Waals surface area (Å²) in [5, 5.41) is 13.1. The van der Waals surface area contributed by atoms with Crippen molar-refractivity contribution >= 4 is 23.0 Å². The van der Waals surface area contributed by atoms with Crippen molar-refractivity contribution in [2.75, 3.05) is 18.7 Å².